The van der Waals surface area contributed by atoms with E-state index in [4.69, 9.17) is 19.8 Å². The van der Waals surface area contributed by atoms with Crippen LogP contribution in [0.4, 0.5) is 0 Å². The third-order valence-corrected chi connectivity index (χ3v) is 5.84. The van der Waals surface area contributed by atoms with Crippen molar-refractivity contribution >= 4 is 29.0 Å². The molecular weight excluding hydrogens is 356 g/mol. The Hall–Kier alpha value is -3.04. The van der Waals surface area contributed by atoms with Gasteiger partial charge in [0, 0.05) is 35.3 Å². The highest BCUT2D eigenvalue weighted by Gasteiger charge is 2.42. The number of piperidine rings is 1. The van der Waals surface area contributed by atoms with Crippen molar-refractivity contribution in [1.82, 2.24) is 9.47 Å². The molecule has 5 rings (SSSR count). The minimum Gasteiger partial charge on any atom is -0.473 e. The number of fused-ring (bicyclic) bond motifs is 3. The number of hydrogen-bond donors (Lipinski definition) is 2. The molecule has 4 heterocycles. The van der Waals surface area contributed by atoms with Gasteiger partial charge in [-0.3, -0.25) is 4.90 Å². The molecule has 28 heavy (non-hydrogen) atoms. The van der Waals surface area contributed by atoms with E-state index in [1.54, 1.807) is 11.3 Å². The first kappa shape index (κ1) is 18.3. The Bertz CT molecular complexity index is 1040. The van der Waals surface area contributed by atoms with Gasteiger partial charge in [-0.05, 0) is 44.4 Å². The molecule has 2 N–H and O–H groups in total. The number of carbonyl (C=O) groups is 2. The van der Waals surface area contributed by atoms with Crippen LogP contribution < -0.4 is 0 Å². The van der Waals surface area contributed by atoms with Gasteiger partial charge in [0.2, 0.25) is 0 Å². The molecule has 0 saturated carbocycles. The van der Waals surface area contributed by atoms with Gasteiger partial charge in [0.05, 0.1) is 11.6 Å². The number of benzene rings is 1. The lowest BCUT2D eigenvalue weighted by Gasteiger charge is -2.46. The van der Waals surface area contributed by atoms with E-state index in [1.165, 1.54) is 48.8 Å². The quantitative estimate of drug-likeness (QED) is 0.544. The predicted molar refractivity (Wildman–Crippen MR) is 106 cm³/mol. The summed E-state index contributed by atoms with van der Waals surface area (Å²) in [5.41, 5.74) is 5.83. The van der Waals surface area contributed by atoms with E-state index < -0.39 is 11.9 Å². The van der Waals surface area contributed by atoms with E-state index in [0.29, 0.717) is 12.0 Å². The van der Waals surface area contributed by atoms with Gasteiger partial charge in [-0.15, -0.1) is 5.92 Å². The lowest BCUT2D eigenvalue weighted by atomic mass is 9.77. The van der Waals surface area contributed by atoms with Crippen molar-refractivity contribution < 1.29 is 19.8 Å². The molecule has 1 aromatic carbocycles. The Morgan fingerprint density at radius 2 is 1.89 bits per heavy atom. The van der Waals surface area contributed by atoms with E-state index in [0.717, 1.165) is 0 Å². The summed E-state index contributed by atoms with van der Waals surface area (Å²) in [4.78, 5) is 20.9. The van der Waals surface area contributed by atoms with E-state index >= 15 is 0 Å². The number of rotatable bonds is 0. The first-order valence-electron chi connectivity index (χ1n) is 9.49. The predicted octanol–water partition coefficient (Wildman–Crippen LogP) is 2.98. The molecule has 0 amide bonds. The average Bonchev–Trinajstić information content (AvgIpc) is 3.02. The maximum atomic E-state index is 9.10. The minimum atomic E-state index is -1.82. The molecule has 1 aromatic heterocycles. The second-order valence-electron chi connectivity index (χ2n) is 7.30. The highest BCUT2D eigenvalue weighted by Crippen LogP contribution is 2.49. The largest absolute Gasteiger partial charge is 0.473 e. The van der Waals surface area contributed by atoms with Crippen molar-refractivity contribution in [2.75, 3.05) is 13.1 Å². The Morgan fingerprint density at radius 1 is 1.14 bits per heavy atom. The standard InChI is InChI=1S/C20H20N2.C2H2O4/c1-2-6-14-13-22-18-9-4-3-7-16(18)17-10-12-21-11-5-8-15(14)19(21)20(17)22;3-1(4)2(5)6/h3-4,7,9,13,15,19H,5,8,10-12H2,1H3;(H,3,4)(H,5,6). The van der Waals surface area contributed by atoms with E-state index in [-0.39, 0.29) is 0 Å². The second kappa shape index (κ2) is 7.17. The van der Waals surface area contributed by atoms with E-state index in [1.807, 2.05) is 6.92 Å². The highest BCUT2D eigenvalue weighted by atomic mass is 16.4. The fourth-order valence-electron chi connectivity index (χ4n) is 4.84. The molecule has 0 bridgehead atoms. The molecule has 0 aliphatic carbocycles. The Kier molecular flexibility index (Phi) is 4.70. The molecule has 1 saturated heterocycles. The SMILES string of the molecule is CC#CC1=Cn2c3c(c4ccccc42)CCN2CCCC1C32.O=C(O)C(=O)O. The third kappa shape index (κ3) is 2.88. The summed E-state index contributed by atoms with van der Waals surface area (Å²) in [5.74, 6) is 3.49. The van der Waals surface area contributed by atoms with Gasteiger partial charge in [0.25, 0.3) is 0 Å². The number of hydrogen-bond acceptors (Lipinski definition) is 3. The maximum absolute atomic E-state index is 9.10. The number of para-hydroxylation sites is 1. The summed E-state index contributed by atoms with van der Waals surface area (Å²) in [6, 6.07) is 9.43. The van der Waals surface area contributed by atoms with Gasteiger partial charge in [0.1, 0.15) is 0 Å². The highest BCUT2D eigenvalue weighted by molar-refractivity contribution is 6.27. The zero-order chi connectivity index (χ0) is 19.8. The van der Waals surface area contributed by atoms with Crippen LogP contribution in [0.1, 0.15) is 37.1 Å². The van der Waals surface area contributed by atoms with Crippen LogP contribution in [-0.2, 0) is 16.0 Å². The first-order valence-corrected chi connectivity index (χ1v) is 9.49. The van der Waals surface area contributed by atoms with Crippen LogP contribution >= 0.6 is 0 Å². The summed E-state index contributed by atoms with van der Waals surface area (Å²) in [6.45, 7) is 4.40. The molecule has 2 unspecified atom stereocenters. The molecule has 2 aromatic rings. The molecule has 6 heteroatoms. The molecule has 1 fully saturated rings. The van der Waals surface area contributed by atoms with Crippen LogP contribution in [0.5, 0.6) is 0 Å². The molecular formula is C22H22N2O4. The van der Waals surface area contributed by atoms with Gasteiger partial charge in [0.15, 0.2) is 0 Å². The molecule has 3 aliphatic rings. The van der Waals surface area contributed by atoms with Crippen molar-refractivity contribution in [2.45, 2.75) is 32.2 Å². The van der Waals surface area contributed by atoms with Crippen molar-refractivity contribution in [2.24, 2.45) is 5.92 Å². The molecule has 3 aliphatic heterocycles. The van der Waals surface area contributed by atoms with Crippen molar-refractivity contribution in [3.05, 3.63) is 41.1 Å². The lowest BCUT2D eigenvalue weighted by Crippen LogP contribution is -2.45. The number of aliphatic carboxylic acids is 2. The van der Waals surface area contributed by atoms with Crippen LogP contribution in [-0.4, -0.2) is 44.7 Å². The number of aromatic nitrogens is 1. The van der Waals surface area contributed by atoms with Crippen molar-refractivity contribution in [3.8, 4) is 11.8 Å². The number of carboxylic acid groups (broad SMARTS) is 2. The topological polar surface area (TPSA) is 82.8 Å². The minimum absolute atomic E-state index is 0.547. The zero-order valence-electron chi connectivity index (χ0n) is 15.7. The Labute approximate surface area is 163 Å². The molecule has 144 valence electrons. The fourth-order valence-corrected chi connectivity index (χ4v) is 4.84. The summed E-state index contributed by atoms with van der Waals surface area (Å²) in [7, 11) is 0. The van der Waals surface area contributed by atoms with Gasteiger partial charge < -0.3 is 14.8 Å². The molecule has 2 atom stereocenters. The molecule has 0 radical (unpaired) electrons. The fraction of sp³-hybridized carbons (Fsp3) is 0.364. The normalized spacial score (nSPS) is 22.1. The lowest BCUT2D eigenvalue weighted by molar-refractivity contribution is -0.159. The molecule has 6 nitrogen and oxygen atoms in total. The van der Waals surface area contributed by atoms with Crippen LogP contribution in [0.2, 0.25) is 0 Å². The van der Waals surface area contributed by atoms with Crippen LogP contribution in [0, 0.1) is 17.8 Å². The van der Waals surface area contributed by atoms with E-state index in [2.05, 4.69) is 51.8 Å². The number of nitrogens with zero attached hydrogens (tertiary/aromatic N) is 2. The zero-order valence-corrected chi connectivity index (χ0v) is 15.7. The second-order valence-corrected chi connectivity index (χ2v) is 7.30. The van der Waals surface area contributed by atoms with Gasteiger partial charge in [-0.1, -0.05) is 24.1 Å². The Balaban J connectivity index is 0.000000283. The van der Waals surface area contributed by atoms with Gasteiger partial charge in [-0.2, -0.15) is 0 Å². The smallest absolute Gasteiger partial charge is 0.414 e. The summed E-state index contributed by atoms with van der Waals surface area (Å²) < 4.78 is 2.45. The van der Waals surface area contributed by atoms with Crippen LogP contribution in [0.3, 0.4) is 0 Å². The summed E-state index contributed by atoms with van der Waals surface area (Å²) in [5, 5.41) is 16.2. The summed E-state index contributed by atoms with van der Waals surface area (Å²) >= 11 is 0. The van der Waals surface area contributed by atoms with Gasteiger partial charge in [-0.25, -0.2) is 9.59 Å². The monoisotopic (exact) mass is 378 g/mol. The van der Waals surface area contributed by atoms with Crippen molar-refractivity contribution in [1.29, 1.82) is 0 Å². The van der Waals surface area contributed by atoms with E-state index in [9.17, 15) is 0 Å². The average molecular weight is 378 g/mol. The third-order valence-electron chi connectivity index (χ3n) is 5.84. The van der Waals surface area contributed by atoms with Crippen LogP contribution in [0.25, 0.3) is 17.1 Å². The number of carboxylic acids is 2. The van der Waals surface area contributed by atoms with Crippen LogP contribution in [0.15, 0.2) is 29.8 Å². The van der Waals surface area contributed by atoms with Gasteiger partial charge >= 0.3 is 11.9 Å². The maximum Gasteiger partial charge on any atom is 0.414 e. The Morgan fingerprint density at radius 3 is 2.61 bits per heavy atom. The summed E-state index contributed by atoms with van der Waals surface area (Å²) in [6.07, 6.45) is 6.10. The first-order chi connectivity index (χ1) is 13.5. The van der Waals surface area contributed by atoms with Crippen molar-refractivity contribution in [3.63, 3.8) is 0 Å². The molecule has 0 spiro atoms.